The van der Waals surface area contributed by atoms with E-state index >= 15 is 0 Å². The molecule has 0 saturated carbocycles. The summed E-state index contributed by atoms with van der Waals surface area (Å²) < 4.78 is 0.958. The molecule has 2 aromatic rings. The molecule has 1 saturated heterocycles. The Kier molecular flexibility index (Phi) is 5.47. The van der Waals surface area contributed by atoms with Crippen molar-refractivity contribution in [3.63, 3.8) is 0 Å². The van der Waals surface area contributed by atoms with Crippen molar-refractivity contribution in [3.05, 3.63) is 74.7 Å². The van der Waals surface area contributed by atoms with Crippen LogP contribution in [-0.4, -0.2) is 23.4 Å². The number of halogens is 1. The van der Waals surface area contributed by atoms with Crippen molar-refractivity contribution in [1.29, 1.82) is 5.26 Å². The van der Waals surface area contributed by atoms with E-state index in [-0.39, 0.29) is 11.8 Å². The zero-order valence-electron chi connectivity index (χ0n) is 15.6. The number of carbonyl (C=O) groups is 1. The fourth-order valence-corrected chi connectivity index (χ4v) is 5.26. The van der Waals surface area contributed by atoms with Gasteiger partial charge in [0.05, 0.1) is 29.2 Å². The smallest absolute Gasteiger partial charge is 0.229 e. The molecule has 0 unspecified atom stereocenters. The maximum absolute atomic E-state index is 13.0. The second-order valence-corrected chi connectivity index (χ2v) is 8.79. The molecule has 1 amide bonds. The molecule has 2 heterocycles. The first-order valence-corrected chi connectivity index (χ1v) is 11.1. The number of carbonyl (C=O) groups excluding carboxylic acids is 1. The summed E-state index contributed by atoms with van der Waals surface area (Å²) in [7, 11) is 0. The predicted molar refractivity (Wildman–Crippen MR) is 117 cm³/mol. The summed E-state index contributed by atoms with van der Waals surface area (Å²) in [5.74, 6) is 0.617. The average Bonchev–Trinajstić information content (AvgIpc) is 2.73. The molecule has 0 spiro atoms. The fraction of sp³-hybridized carbons (Fsp3) is 0.273. The molecule has 0 radical (unpaired) electrons. The van der Waals surface area contributed by atoms with E-state index in [1.54, 1.807) is 16.7 Å². The van der Waals surface area contributed by atoms with Gasteiger partial charge in [-0.05, 0) is 41.8 Å². The lowest BCUT2D eigenvalue weighted by Crippen LogP contribution is -2.47. The summed E-state index contributed by atoms with van der Waals surface area (Å²) in [6, 6.07) is 18.8. The van der Waals surface area contributed by atoms with E-state index < -0.39 is 0 Å². The zero-order valence-corrected chi connectivity index (χ0v) is 18.0. The zero-order chi connectivity index (χ0) is 19.7. The normalized spacial score (nSPS) is 19.5. The van der Waals surface area contributed by atoms with Crippen molar-refractivity contribution in [2.45, 2.75) is 25.7 Å². The molecular weight excluding hydrogens is 434 g/mol. The fourth-order valence-electron chi connectivity index (χ4n) is 3.68. The molecule has 2 aliphatic heterocycles. The van der Waals surface area contributed by atoms with E-state index in [0.29, 0.717) is 18.7 Å². The second-order valence-electron chi connectivity index (χ2n) is 6.94. The van der Waals surface area contributed by atoms with Crippen LogP contribution >= 0.6 is 27.7 Å². The molecule has 0 bridgehead atoms. The first-order chi connectivity index (χ1) is 13.6. The van der Waals surface area contributed by atoms with Crippen molar-refractivity contribution < 1.29 is 4.79 Å². The number of nitriles is 1. The lowest BCUT2D eigenvalue weighted by molar-refractivity contribution is -0.129. The van der Waals surface area contributed by atoms with E-state index in [1.165, 1.54) is 5.56 Å². The van der Waals surface area contributed by atoms with Crippen LogP contribution in [0.25, 0.3) is 0 Å². The Morgan fingerprint density at radius 2 is 2.04 bits per heavy atom. The number of nitrogens with zero attached hydrogens (tertiary/aromatic N) is 3. The number of hydrogen-bond acceptors (Lipinski definition) is 4. The van der Waals surface area contributed by atoms with Crippen LogP contribution in [0.3, 0.4) is 0 Å². The SMILES string of the molecule is CCc1ccc(N2CSC3=C(C#N)[C@H](c4cccc(Br)c4)CC(=O)N3C2)cc1. The Morgan fingerprint density at radius 1 is 1.25 bits per heavy atom. The van der Waals surface area contributed by atoms with Gasteiger partial charge in [-0.15, -0.1) is 0 Å². The van der Waals surface area contributed by atoms with E-state index in [4.69, 9.17) is 0 Å². The van der Waals surface area contributed by atoms with Crippen LogP contribution < -0.4 is 4.90 Å². The maximum Gasteiger partial charge on any atom is 0.229 e. The first-order valence-electron chi connectivity index (χ1n) is 9.27. The van der Waals surface area contributed by atoms with Gasteiger partial charge in [0, 0.05) is 22.5 Å². The Bertz CT molecular complexity index is 980. The number of benzene rings is 2. The number of fused-ring (bicyclic) bond motifs is 1. The van der Waals surface area contributed by atoms with E-state index in [1.807, 2.05) is 24.3 Å². The van der Waals surface area contributed by atoms with Crippen molar-refractivity contribution in [3.8, 4) is 6.07 Å². The van der Waals surface area contributed by atoms with Crippen LogP contribution in [0.15, 0.2) is 63.6 Å². The summed E-state index contributed by atoms with van der Waals surface area (Å²) >= 11 is 5.07. The van der Waals surface area contributed by atoms with Gasteiger partial charge in [-0.25, -0.2) is 0 Å². The third kappa shape index (κ3) is 3.57. The molecule has 4 nitrogen and oxygen atoms in total. The third-order valence-electron chi connectivity index (χ3n) is 5.25. The van der Waals surface area contributed by atoms with E-state index in [0.717, 1.165) is 33.1 Å². The molecule has 2 aliphatic rings. The van der Waals surface area contributed by atoms with Crippen LogP contribution in [0, 0.1) is 11.3 Å². The summed E-state index contributed by atoms with van der Waals surface area (Å²) in [5, 5.41) is 10.7. The highest BCUT2D eigenvalue weighted by Crippen LogP contribution is 2.43. The monoisotopic (exact) mass is 453 g/mol. The highest BCUT2D eigenvalue weighted by Gasteiger charge is 2.38. The van der Waals surface area contributed by atoms with Crippen molar-refractivity contribution in [2.24, 2.45) is 0 Å². The average molecular weight is 454 g/mol. The minimum absolute atomic E-state index is 0.0707. The minimum Gasteiger partial charge on any atom is -0.344 e. The second kappa shape index (κ2) is 8.02. The van der Waals surface area contributed by atoms with Crippen molar-refractivity contribution in [1.82, 2.24) is 4.90 Å². The Balaban J connectivity index is 1.64. The lowest BCUT2D eigenvalue weighted by atomic mass is 9.86. The molecular formula is C22H20BrN3OS. The number of amides is 1. The van der Waals surface area contributed by atoms with Gasteiger partial charge < -0.3 is 4.90 Å². The quantitative estimate of drug-likeness (QED) is 0.637. The van der Waals surface area contributed by atoms with Gasteiger partial charge in [-0.1, -0.05) is 58.9 Å². The lowest BCUT2D eigenvalue weighted by Gasteiger charge is -2.42. The third-order valence-corrected chi connectivity index (χ3v) is 6.90. The molecule has 0 aromatic heterocycles. The van der Waals surface area contributed by atoms with Gasteiger partial charge in [-0.2, -0.15) is 5.26 Å². The molecule has 0 N–H and O–H groups in total. The van der Waals surface area contributed by atoms with Crippen LogP contribution in [0.5, 0.6) is 0 Å². The van der Waals surface area contributed by atoms with Crippen LogP contribution in [-0.2, 0) is 11.2 Å². The predicted octanol–water partition coefficient (Wildman–Crippen LogP) is 5.23. The van der Waals surface area contributed by atoms with E-state index in [9.17, 15) is 10.1 Å². The summed E-state index contributed by atoms with van der Waals surface area (Å²) in [6.07, 6.45) is 1.33. The number of hydrogen-bond donors (Lipinski definition) is 0. The Labute approximate surface area is 178 Å². The minimum atomic E-state index is -0.177. The van der Waals surface area contributed by atoms with Gasteiger partial charge in [-0.3, -0.25) is 9.69 Å². The number of allylic oxidation sites excluding steroid dienone is 1. The summed E-state index contributed by atoms with van der Waals surface area (Å²) in [6.45, 7) is 2.63. The number of aryl methyl sites for hydroxylation is 1. The first kappa shape index (κ1) is 19.1. The molecule has 1 fully saturated rings. The van der Waals surface area contributed by atoms with E-state index in [2.05, 4.69) is 58.1 Å². The van der Waals surface area contributed by atoms with Crippen molar-refractivity contribution >= 4 is 39.3 Å². The number of rotatable bonds is 3. The highest BCUT2D eigenvalue weighted by atomic mass is 79.9. The highest BCUT2D eigenvalue weighted by molar-refractivity contribution is 9.10. The molecule has 6 heteroatoms. The topological polar surface area (TPSA) is 47.3 Å². The molecule has 142 valence electrons. The Hall–Kier alpha value is -2.23. The Morgan fingerprint density at radius 3 is 2.71 bits per heavy atom. The molecule has 28 heavy (non-hydrogen) atoms. The molecule has 0 aliphatic carbocycles. The molecule has 4 rings (SSSR count). The van der Waals surface area contributed by atoms with Crippen LogP contribution in [0.1, 0.15) is 30.4 Å². The number of thioether (sulfide) groups is 1. The van der Waals surface area contributed by atoms with Gasteiger partial charge >= 0.3 is 0 Å². The summed E-state index contributed by atoms with van der Waals surface area (Å²) in [4.78, 5) is 16.9. The van der Waals surface area contributed by atoms with Crippen LogP contribution in [0.2, 0.25) is 0 Å². The maximum atomic E-state index is 13.0. The largest absolute Gasteiger partial charge is 0.344 e. The van der Waals surface area contributed by atoms with Gasteiger partial charge in [0.25, 0.3) is 0 Å². The standard InChI is InChI=1S/C22H20BrN3OS/c1-2-15-6-8-18(9-7-15)25-13-26-21(27)11-19(16-4-3-5-17(23)10-16)20(12-24)22(26)28-14-25/h3-10,19H,2,11,13-14H2,1H3/t19-/m0/s1. The summed E-state index contributed by atoms with van der Waals surface area (Å²) in [5.41, 5.74) is 4.10. The number of anilines is 1. The van der Waals surface area contributed by atoms with Gasteiger partial charge in [0.2, 0.25) is 5.91 Å². The van der Waals surface area contributed by atoms with Crippen LogP contribution in [0.4, 0.5) is 5.69 Å². The van der Waals surface area contributed by atoms with Gasteiger partial charge in [0.15, 0.2) is 0 Å². The molecule has 1 atom stereocenters. The molecule has 2 aromatic carbocycles. The van der Waals surface area contributed by atoms with Gasteiger partial charge in [0.1, 0.15) is 0 Å². The van der Waals surface area contributed by atoms with Crippen molar-refractivity contribution in [2.75, 3.05) is 17.4 Å².